The molecule has 0 aliphatic carbocycles. The van der Waals surface area contributed by atoms with Crippen molar-refractivity contribution in [2.75, 3.05) is 0 Å². The number of aromatic hydroxyl groups is 1. The van der Waals surface area contributed by atoms with Gasteiger partial charge in [0.15, 0.2) is 0 Å². The zero-order chi connectivity index (χ0) is 24.5. The van der Waals surface area contributed by atoms with Crippen molar-refractivity contribution in [1.82, 2.24) is 10.6 Å². The van der Waals surface area contributed by atoms with E-state index in [-0.39, 0.29) is 18.8 Å². The Morgan fingerprint density at radius 2 is 1.44 bits per heavy atom. The van der Waals surface area contributed by atoms with Crippen LogP contribution >= 0.6 is 0 Å². The first-order valence-corrected chi connectivity index (χ1v) is 10.6. The number of phenols is 1. The highest BCUT2D eigenvalue weighted by Crippen LogP contribution is 2.12. The molecule has 2 amide bonds. The molecule has 2 aromatic carbocycles. The number of carbonyl (C=O) groups excluding carboxylic acids is 2. The van der Waals surface area contributed by atoms with Crippen molar-refractivity contribution in [2.24, 2.45) is 0 Å². The van der Waals surface area contributed by atoms with Crippen LogP contribution in [0.2, 0.25) is 0 Å². The molecule has 2 aromatic rings. The second-order valence-electron chi connectivity index (χ2n) is 6.20. The summed E-state index contributed by atoms with van der Waals surface area (Å²) in [5, 5.41) is 23.1. The number of alkyl carbamates (subject to hydrolysis) is 1. The number of carboxylic acid groups (broad SMARTS) is 1. The number of benzene rings is 2. The van der Waals surface area contributed by atoms with Gasteiger partial charge in [0.05, 0.1) is 0 Å². The molecule has 2 unspecified atom stereocenters. The first-order chi connectivity index (χ1) is 15.3. The maximum absolute atomic E-state index is 12.4. The van der Waals surface area contributed by atoms with E-state index in [0.29, 0.717) is 5.56 Å². The maximum Gasteiger partial charge on any atom is 0.408 e. The predicted octanol–water partition coefficient (Wildman–Crippen LogP) is 3.87. The Kier molecular flexibility index (Phi) is 14.4. The number of amides is 2. The number of rotatable bonds is 8. The summed E-state index contributed by atoms with van der Waals surface area (Å²) in [5.74, 6) is -1.78. The fourth-order valence-corrected chi connectivity index (χ4v) is 2.36. The molecule has 8 heteroatoms. The molecule has 2 atom stereocenters. The zero-order valence-corrected chi connectivity index (χ0v) is 19.3. The zero-order valence-electron chi connectivity index (χ0n) is 19.3. The molecule has 176 valence electrons. The highest BCUT2D eigenvalue weighted by molar-refractivity contribution is 5.89. The maximum atomic E-state index is 12.4. The summed E-state index contributed by atoms with van der Waals surface area (Å²) in [7, 11) is 0. The lowest BCUT2D eigenvalue weighted by Crippen LogP contribution is -2.51. The van der Waals surface area contributed by atoms with Crippen LogP contribution < -0.4 is 10.6 Å². The minimum atomic E-state index is -1.19. The number of carboxylic acids is 1. The van der Waals surface area contributed by atoms with Crippen molar-refractivity contribution in [1.29, 1.82) is 0 Å². The van der Waals surface area contributed by atoms with Gasteiger partial charge in [-0.1, -0.05) is 70.2 Å². The van der Waals surface area contributed by atoms with E-state index in [0.717, 1.165) is 5.56 Å². The van der Waals surface area contributed by atoms with Gasteiger partial charge in [-0.2, -0.15) is 0 Å². The molecular formula is C24H34N2O6. The Morgan fingerprint density at radius 1 is 0.875 bits per heavy atom. The van der Waals surface area contributed by atoms with Gasteiger partial charge in [0.25, 0.3) is 0 Å². The third-order valence-electron chi connectivity index (χ3n) is 3.93. The first kappa shape index (κ1) is 28.5. The number of hydrogen-bond donors (Lipinski definition) is 4. The van der Waals surface area contributed by atoms with Gasteiger partial charge in [0.1, 0.15) is 24.4 Å². The van der Waals surface area contributed by atoms with Crippen LogP contribution in [0.25, 0.3) is 0 Å². The molecule has 2 rings (SSSR count). The third-order valence-corrected chi connectivity index (χ3v) is 3.93. The number of carbonyl (C=O) groups is 3. The van der Waals surface area contributed by atoms with Gasteiger partial charge in [0, 0.05) is 6.42 Å². The first-order valence-electron chi connectivity index (χ1n) is 10.6. The number of phenolic OH excluding ortho intramolecular Hbond substituents is 1. The quantitative estimate of drug-likeness (QED) is 0.488. The van der Waals surface area contributed by atoms with Crippen molar-refractivity contribution in [3.8, 4) is 5.75 Å². The second-order valence-corrected chi connectivity index (χ2v) is 6.20. The van der Waals surface area contributed by atoms with Gasteiger partial charge in [-0.05, 0) is 30.2 Å². The Balaban J connectivity index is 0.00000227. The van der Waals surface area contributed by atoms with Crippen LogP contribution in [0.4, 0.5) is 4.79 Å². The summed E-state index contributed by atoms with van der Waals surface area (Å²) in [6.07, 6.45) is -0.704. The average molecular weight is 447 g/mol. The van der Waals surface area contributed by atoms with Crippen LogP contribution in [-0.2, 0) is 27.4 Å². The van der Waals surface area contributed by atoms with Gasteiger partial charge in [-0.3, -0.25) is 9.59 Å². The van der Waals surface area contributed by atoms with Gasteiger partial charge in [0.2, 0.25) is 5.91 Å². The molecule has 0 spiro atoms. The lowest BCUT2D eigenvalue weighted by atomic mass is 10.0. The molecule has 4 N–H and O–H groups in total. The summed E-state index contributed by atoms with van der Waals surface area (Å²) in [6, 6.07) is 13.0. The summed E-state index contributed by atoms with van der Waals surface area (Å²) in [5.41, 5.74) is 1.46. The minimum absolute atomic E-state index is 0.0335. The van der Waals surface area contributed by atoms with E-state index in [1.54, 1.807) is 24.3 Å². The molecule has 0 radical (unpaired) electrons. The third kappa shape index (κ3) is 11.0. The van der Waals surface area contributed by atoms with Gasteiger partial charge < -0.3 is 25.6 Å². The van der Waals surface area contributed by atoms with Crippen molar-refractivity contribution in [2.45, 2.75) is 59.7 Å². The highest BCUT2D eigenvalue weighted by Gasteiger charge is 2.25. The van der Waals surface area contributed by atoms with E-state index < -0.39 is 30.1 Å². The van der Waals surface area contributed by atoms with Crippen molar-refractivity contribution in [3.05, 3.63) is 65.7 Å². The minimum Gasteiger partial charge on any atom is -0.508 e. The van der Waals surface area contributed by atoms with E-state index in [2.05, 4.69) is 10.6 Å². The van der Waals surface area contributed by atoms with E-state index in [9.17, 15) is 19.5 Å². The van der Waals surface area contributed by atoms with Gasteiger partial charge >= 0.3 is 12.1 Å². The molecule has 32 heavy (non-hydrogen) atoms. The average Bonchev–Trinajstić information content (AvgIpc) is 2.82. The summed E-state index contributed by atoms with van der Waals surface area (Å²) >= 11 is 0. The Labute approximate surface area is 189 Å². The fourth-order valence-electron chi connectivity index (χ4n) is 2.36. The lowest BCUT2D eigenvalue weighted by Gasteiger charge is -2.20. The van der Waals surface area contributed by atoms with Crippen LogP contribution in [-0.4, -0.2) is 40.3 Å². The molecule has 0 bridgehead atoms. The number of ether oxygens (including phenoxy) is 1. The topological polar surface area (TPSA) is 125 Å². The molecule has 0 saturated heterocycles. The van der Waals surface area contributed by atoms with Crippen LogP contribution in [0.15, 0.2) is 54.6 Å². The van der Waals surface area contributed by atoms with Crippen molar-refractivity contribution >= 4 is 18.0 Å². The van der Waals surface area contributed by atoms with Crippen LogP contribution in [0.3, 0.4) is 0 Å². The predicted molar refractivity (Wildman–Crippen MR) is 123 cm³/mol. The second kappa shape index (κ2) is 16.2. The molecule has 0 aliphatic heterocycles. The molecule has 0 heterocycles. The smallest absolute Gasteiger partial charge is 0.408 e. The van der Waals surface area contributed by atoms with Crippen molar-refractivity contribution in [3.63, 3.8) is 0 Å². The van der Waals surface area contributed by atoms with E-state index in [4.69, 9.17) is 9.84 Å². The standard InChI is InChI=1S/C20H22N2O6.2C2H6/c1-13(19(25)26)21-18(24)17(11-14-7-9-16(23)10-8-14)22-20(27)28-12-15-5-3-2-4-6-15;2*1-2/h2-10,13,17,23H,11-12H2,1H3,(H,21,24)(H,22,27)(H,25,26);2*1-2H3. The van der Waals surface area contributed by atoms with Gasteiger partial charge in [-0.15, -0.1) is 0 Å². The summed E-state index contributed by atoms with van der Waals surface area (Å²) in [6.45, 7) is 9.36. The Hall–Kier alpha value is -3.55. The van der Waals surface area contributed by atoms with Crippen LogP contribution in [0.5, 0.6) is 5.75 Å². The SMILES string of the molecule is CC.CC.CC(NC(=O)C(Cc1ccc(O)cc1)NC(=O)OCc1ccccc1)C(=O)O. The summed E-state index contributed by atoms with van der Waals surface area (Å²) < 4.78 is 5.13. The molecule has 0 fully saturated rings. The highest BCUT2D eigenvalue weighted by atomic mass is 16.5. The van der Waals surface area contributed by atoms with Crippen LogP contribution in [0, 0.1) is 0 Å². The van der Waals surface area contributed by atoms with Crippen LogP contribution in [0.1, 0.15) is 45.7 Å². The Bertz CT molecular complexity index is 809. The van der Waals surface area contributed by atoms with E-state index in [1.807, 2.05) is 45.9 Å². The largest absolute Gasteiger partial charge is 0.508 e. The molecule has 0 saturated carbocycles. The normalized spacial score (nSPS) is 11.3. The fraction of sp³-hybridized carbons (Fsp3) is 0.375. The molecular weight excluding hydrogens is 412 g/mol. The Morgan fingerprint density at radius 3 is 1.97 bits per heavy atom. The monoisotopic (exact) mass is 446 g/mol. The number of nitrogens with one attached hydrogen (secondary N) is 2. The molecule has 0 aliphatic rings. The molecule has 0 aromatic heterocycles. The summed E-state index contributed by atoms with van der Waals surface area (Å²) in [4.78, 5) is 35.6. The molecule has 8 nitrogen and oxygen atoms in total. The van der Waals surface area contributed by atoms with E-state index >= 15 is 0 Å². The van der Waals surface area contributed by atoms with Gasteiger partial charge in [-0.25, -0.2) is 4.79 Å². The van der Waals surface area contributed by atoms with E-state index in [1.165, 1.54) is 19.1 Å². The van der Waals surface area contributed by atoms with Crippen molar-refractivity contribution < 1.29 is 29.3 Å². The number of hydrogen-bond acceptors (Lipinski definition) is 5. The lowest BCUT2D eigenvalue weighted by molar-refractivity contribution is -0.141. The number of aliphatic carboxylic acids is 1.